The molecule has 1 aromatic heterocycles. The predicted molar refractivity (Wildman–Crippen MR) is 53.2 cm³/mol. The second-order valence-electron chi connectivity index (χ2n) is 3.70. The summed E-state index contributed by atoms with van der Waals surface area (Å²) in [7, 11) is 0. The number of H-pyrrole nitrogens is 1. The molecule has 7 nitrogen and oxygen atoms in total. The second-order valence-corrected chi connectivity index (χ2v) is 3.70. The van der Waals surface area contributed by atoms with Crippen molar-refractivity contribution in [2.75, 3.05) is 6.61 Å². The molecule has 1 aliphatic heterocycles. The molecular weight excluding hydrogens is 235 g/mol. The van der Waals surface area contributed by atoms with E-state index < -0.39 is 42.5 Å². The monoisotopic (exact) mass is 246 g/mol. The molecule has 17 heavy (non-hydrogen) atoms. The quantitative estimate of drug-likeness (QED) is 0.567. The molecule has 1 aromatic rings. The van der Waals surface area contributed by atoms with Gasteiger partial charge in [-0.1, -0.05) is 0 Å². The lowest BCUT2D eigenvalue weighted by Gasteiger charge is -2.15. The van der Waals surface area contributed by atoms with E-state index in [1.165, 1.54) is 0 Å². The van der Waals surface area contributed by atoms with Crippen molar-refractivity contribution in [3.63, 3.8) is 0 Å². The van der Waals surface area contributed by atoms with Gasteiger partial charge in [0.2, 0.25) is 0 Å². The first kappa shape index (κ1) is 12.0. The molecule has 0 bridgehead atoms. The number of nitrogens with one attached hydrogen (secondary N) is 1. The molecule has 8 heteroatoms. The van der Waals surface area contributed by atoms with E-state index >= 15 is 0 Å². The Bertz CT molecular complexity index is 513. The number of rotatable bonds is 2. The van der Waals surface area contributed by atoms with Crippen LogP contribution in [0.5, 0.6) is 0 Å². The first-order valence-electron chi connectivity index (χ1n) is 4.94. The molecule has 4 atom stereocenters. The highest BCUT2D eigenvalue weighted by Gasteiger charge is 2.45. The van der Waals surface area contributed by atoms with E-state index in [4.69, 9.17) is 9.84 Å². The lowest BCUT2D eigenvalue weighted by Crippen LogP contribution is -2.35. The lowest BCUT2D eigenvalue weighted by atomic mass is 10.1. The number of nitrogens with zero attached hydrogens (tertiary/aromatic N) is 1. The Hall–Kier alpha value is -1.51. The number of aromatic nitrogens is 2. The van der Waals surface area contributed by atoms with Gasteiger partial charge in [0.1, 0.15) is 12.2 Å². The van der Waals surface area contributed by atoms with E-state index in [2.05, 4.69) is 0 Å². The molecule has 0 radical (unpaired) electrons. The summed E-state index contributed by atoms with van der Waals surface area (Å²) in [5.41, 5.74) is -1.45. The van der Waals surface area contributed by atoms with Crippen molar-refractivity contribution >= 4 is 0 Å². The van der Waals surface area contributed by atoms with Crippen LogP contribution in [0.3, 0.4) is 0 Å². The van der Waals surface area contributed by atoms with Crippen molar-refractivity contribution in [3.05, 3.63) is 33.1 Å². The van der Waals surface area contributed by atoms with Crippen LogP contribution in [-0.4, -0.2) is 44.8 Å². The third-order valence-corrected chi connectivity index (χ3v) is 2.60. The van der Waals surface area contributed by atoms with Gasteiger partial charge in [-0.15, -0.1) is 0 Å². The Morgan fingerprint density at radius 1 is 1.53 bits per heavy atom. The van der Waals surface area contributed by atoms with Crippen molar-refractivity contribution < 1.29 is 19.3 Å². The molecule has 3 N–H and O–H groups in total. The van der Waals surface area contributed by atoms with Gasteiger partial charge in [0.25, 0.3) is 5.56 Å². The zero-order valence-electron chi connectivity index (χ0n) is 8.62. The van der Waals surface area contributed by atoms with Gasteiger partial charge in [0.05, 0.1) is 6.61 Å². The number of alkyl halides is 1. The van der Waals surface area contributed by atoms with Crippen LogP contribution in [0.4, 0.5) is 4.39 Å². The second kappa shape index (κ2) is 4.40. The minimum atomic E-state index is -1.85. The van der Waals surface area contributed by atoms with Crippen LogP contribution in [-0.2, 0) is 4.74 Å². The third kappa shape index (κ3) is 2.02. The molecule has 2 heterocycles. The topological polar surface area (TPSA) is 105 Å². The van der Waals surface area contributed by atoms with Crippen LogP contribution >= 0.6 is 0 Å². The lowest BCUT2D eigenvalue weighted by molar-refractivity contribution is -0.0491. The van der Waals surface area contributed by atoms with Crippen LogP contribution in [0, 0.1) is 0 Å². The van der Waals surface area contributed by atoms with Gasteiger partial charge in [0.15, 0.2) is 12.4 Å². The van der Waals surface area contributed by atoms with Gasteiger partial charge >= 0.3 is 5.69 Å². The van der Waals surface area contributed by atoms with E-state index in [-0.39, 0.29) is 0 Å². The van der Waals surface area contributed by atoms with Crippen molar-refractivity contribution in [1.29, 1.82) is 0 Å². The first-order valence-corrected chi connectivity index (χ1v) is 4.94. The fourth-order valence-corrected chi connectivity index (χ4v) is 1.71. The molecule has 1 aliphatic rings. The number of halogens is 1. The summed E-state index contributed by atoms with van der Waals surface area (Å²) >= 11 is 0. The highest BCUT2D eigenvalue weighted by molar-refractivity contribution is 4.93. The first-order chi connectivity index (χ1) is 8.04. The summed E-state index contributed by atoms with van der Waals surface area (Å²) in [6, 6.07) is 1.04. The number of aliphatic hydroxyl groups is 2. The van der Waals surface area contributed by atoms with Crippen molar-refractivity contribution in [2.45, 2.75) is 24.6 Å². The number of aromatic amines is 1. The molecular formula is C9H11FN2O5. The molecule has 2 rings (SSSR count). The largest absolute Gasteiger partial charge is 0.394 e. The maximum Gasteiger partial charge on any atom is 0.330 e. The molecule has 1 unspecified atom stereocenters. The number of hydrogen-bond donors (Lipinski definition) is 3. The molecule has 0 amide bonds. The van der Waals surface area contributed by atoms with Gasteiger partial charge in [-0.05, 0) is 0 Å². The van der Waals surface area contributed by atoms with Crippen LogP contribution in [0.15, 0.2) is 21.9 Å². The van der Waals surface area contributed by atoms with Gasteiger partial charge in [-0.3, -0.25) is 14.3 Å². The highest BCUT2D eigenvalue weighted by Crippen LogP contribution is 2.30. The maximum atomic E-state index is 13.6. The smallest absolute Gasteiger partial charge is 0.330 e. The van der Waals surface area contributed by atoms with Gasteiger partial charge in [0, 0.05) is 12.3 Å². The van der Waals surface area contributed by atoms with Gasteiger partial charge in [-0.25, -0.2) is 9.18 Å². The van der Waals surface area contributed by atoms with Crippen molar-refractivity contribution in [3.8, 4) is 0 Å². The van der Waals surface area contributed by atoms with E-state index in [9.17, 15) is 19.1 Å². The Balaban J connectivity index is 2.35. The van der Waals surface area contributed by atoms with E-state index in [1.807, 2.05) is 4.98 Å². The Morgan fingerprint density at radius 2 is 2.24 bits per heavy atom. The molecule has 0 aromatic carbocycles. The predicted octanol–water partition coefficient (Wildman–Crippen LogP) is -1.87. The Labute approximate surface area is 94.1 Å². The van der Waals surface area contributed by atoms with Gasteiger partial charge < -0.3 is 14.9 Å². The van der Waals surface area contributed by atoms with Crippen molar-refractivity contribution in [1.82, 2.24) is 9.55 Å². The molecule has 94 valence electrons. The highest BCUT2D eigenvalue weighted by atomic mass is 19.1. The fraction of sp³-hybridized carbons (Fsp3) is 0.556. The Kier molecular flexibility index (Phi) is 3.09. The molecule has 0 spiro atoms. The average Bonchev–Trinajstić information content (AvgIpc) is 2.57. The van der Waals surface area contributed by atoms with Crippen LogP contribution in [0.2, 0.25) is 0 Å². The molecule has 0 aliphatic carbocycles. The summed E-state index contributed by atoms with van der Waals surface area (Å²) in [6.45, 7) is -0.559. The van der Waals surface area contributed by atoms with Crippen LogP contribution < -0.4 is 11.2 Å². The molecule has 1 fully saturated rings. The number of hydrogen-bond acceptors (Lipinski definition) is 5. The minimum Gasteiger partial charge on any atom is -0.394 e. The van der Waals surface area contributed by atoms with E-state index in [1.54, 1.807) is 0 Å². The minimum absolute atomic E-state index is 0.559. The standard InChI is InChI=1S/C9H11FN2O5/c10-6-7(15)4(3-13)17-8(6)12-2-1-5(14)11-9(12)16/h1-2,4,6-8,13,15H,3H2,(H,11,14,16)/t4-,6-,7-,8?/m1/s1. The summed E-state index contributed by atoms with van der Waals surface area (Å²) in [4.78, 5) is 24.2. The summed E-state index contributed by atoms with van der Waals surface area (Å²) < 4.78 is 19.5. The summed E-state index contributed by atoms with van der Waals surface area (Å²) in [6.07, 6.45) is -4.73. The van der Waals surface area contributed by atoms with Crippen LogP contribution in [0.1, 0.15) is 6.23 Å². The maximum absolute atomic E-state index is 13.6. The van der Waals surface area contributed by atoms with E-state index in [0.29, 0.717) is 0 Å². The molecule has 1 saturated heterocycles. The third-order valence-electron chi connectivity index (χ3n) is 2.60. The number of aliphatic hydroxyl groups excluding tert-OH is 2. The fourth-order valence-electron chi connectivity index (χ4n) is 1.71. The van der Waals surface area contributed by atoms with Crippen LogP contribution in [0.25, 0.3) is 0 Å². The summed E-state index contributed by atoms with van der Waals surface area (Å²) in [5, 5.41) is 18.2. The van der Waals surface area contributed by atoms with Crippen molar-refractivity contribution in [2.24, 2.45) is 0 Å². The van der Waals surface area contributed by atoms with Gasteiger partial charge in [-0.2, -0.15) is 0 Å². The van der Waals surface area contributed by atoms with E-state index in [0.717, 1.165) is 16.8 Å². The molecule has 0 saturated carbocycles. The average molecular weight is 246 g/mol. The zero-order chi connectivity index (χ0) is 12.6. The zero-order valence-corrected chi connectivity index (χ0v) is 8.62. The summed E-state index contributed by atoms with van der Waals surface area (Å²) in [5.74, 6) is 0. The Morgan fingerprint density at radius 3 is 2.76 bits per heavy atom. The number of ether oxygens (including phenoxy) is 1. The normalized spacial score (nSPS) is 32.9. The SMILES string of the molecule is O=c1ccn(C2O[C@H](CO)[C@@H](O)[C@H]2F)c(=O)[nH]1.